The van der Waals surface area contributed by atoms with E-state index in [1.54, 1.807) is 0 Å². The molecular formula is C17H27ClN2. The topological polar surface area (TPSA) is 15.3 Å². The molecule has 1 N–H and O–H groups in total. The second-order valence-corrected chi connectivity index (χ2v) is 6.46. The molecule has 1 aromatic rings. The molecule has 0 bridgehead atoms. The average molecular weight is 295 g/mol. The van der Waals surface area contributed by atoms with Gasteiger partial charge in [0.2, 0.25) is 0 Å². The highest BCUT2D eigenvalue weighted by Crippen LogP contribution is 2.36. The highest BCUT2D eigenvalue weighted by Gasteiger charge is 2.30. The molecule has 0 aliphatic heterocycles. The fourth-order valence-corrected chi connectivity index (χ4v) is 2.75. The van der Waals surface area contributed by atoms with E-state index in [9.17, 15) is 0 Å². The van der Waals surface area contributed by atoms with Gasteiger partial charge in [-0.1, -0.05) is 44.9 Å². The van der Waals surface area contributed by atoms with E-state index in [0.29, 0.717) is 6.04 Å². The van der Waals surface area contributed by atoms with Crippen molar-refractivity contribution < 1.29 is 0 Å². The van der Waals surface area contributed by atoms with Crippen molar-refractivity contribution in [2.45, 2.75) is 65.1 Å². The first-order chi connectivity index (χ1) is 9.63. The number of anilines is 1. The number of halogens is 1. The van der Waals surface area contributed by atoms with Crippen molar-refractivity contribution in [2.24, 2.45) is 0 Å². The third-order valence-electron chi connectivity index (χ3n) is 3.83. The van der Waals surface area contributed by atoms with Crippen molar-refractivity contribution in [3.8, 4) is 0 Å². The minimum atomic E-state index is 0.476. The van der Waals surface area contributed by atoms with Crippen LogP contribution in [0.25, 0.3) is 0 Å². The predicted molar refractivity (Wildman–Crippen MR) is 88.7 cm³/mol. The summed E-state index contributed by atoms with van der Waals surface area (Å²) >= 11 is 6.45. The molecule has 3 heteroatoms. The van der Waals surface area contributed by atoms with Crippen LogP contribution in [0.2, 0.25) is 5.02 Å². The number of rotatable bonds is 8. The molecule has 2 nitrogen and oxygen atoms in total. The van der Waals surface area contributed by atoms with Crippen LogP contribution in [0.1, 0.15) is 52.0 Å². The monoisotopic (exact) mass is 294 g/mol. The summed E-state index contributed by atoms with van der Waals surface area (Å²) in [5.74, 6) is 0. The lowest BCUT2D eigenvalue weighted by atomic mass is 10.1. The maximum absolute atomic E-state index is 6.45. The molecule has 0 heterocycles. The van der Waals surface area contributed by atoms with Gasteiger partial charge in [-0.15, -0.1) is 0 Å². The zero-order valence-corrected chi connectivity index (χ0v) is 13.7. The summed E-state index contributed by atoms with van der Waals surface area (Å²) in [6, 6.07) is 7.53. The molecule has 1 aromatic carbocycles. The summed E-state index contributed by atoms with van der Waals surface area (Å²) in [5.41, 5.74) is 2.59. The van der Waals surface area contributed by atoms with Crippen LogP contribution in [0, 0.1) is 0 Å². The maximum Gasteiger partial charge on any atom is 0.0471 e. The summed E-state index contributed by atoms with van der Waals surface area (Å²) in [4.78, 5) is 2.58. The summed E-state index contributed by atoms with van der Waals surface area (Å²) in [6.45, 7) is 8.60. The van der Waals surface area contributed by atoms with Crippen LogP contribution in [0.5, 0.6) is 0 Å². The SMILES string of the molecule is CCCCN(c1cccc(Cl)c1CNC(C)C)C1CC1. The van der Waals surface area contributed by atoms with Gasteiger partial charge in [-0.25, -0.2) is 0 Å². The van der Waals surface area contributed by atoms with Crippen LogP contribution < -0.4 is 10.2 Å². The lowest BCUT2D eigenvalue weighted by Gasteiger charge is -2.28. The number of nitrogens with zero attached hydrogens (tertiary/aromatic N) is 1. The van der Waals surface area contributed by atoms with Crippen LogP contribution in [0.15, 0.2) is 18.2 Å². The van der Waals surface area contributed by atoms with E-state index >= 15 is 0 Å². The van der Waals surface area contributed by atoms with Crippen LogP contribution in [-0.2, 0) is 6.54 Å². The van der Waals surface area contributed by atoms with E-state index in [-0.39, 0.29) is 0 Å². The van der Waals surface area contributed by atoms with E-state index in [2.05, 4.69) is 43.1 Å². The summed E-state index contributed by atoms with van der Waals surface area (Å²) < 4.78 is 0. The Hall–Kier alpha value is -0.730. The van der Waals surface area contributed by atoms with Crippen LogP contribution in [-0.4, -0.2) is 18.6 Å². The number of nitrogens with one attached hydrogen (secondary N) is 1. The second-order valence-electron chi connectivity index (χ2n) is 6.05. The van der Waals surface area contributed by atoms with Crippen molar-refractivity contribution >= 4 is 17.3 Å². The maximum atomic E-state index is 6.45. The first kappa shape index (κ1) is 15.7. The van der Waals surface area contributed by atoms with Crippen LogP contribution in [0.3, 0.4) is 0 Å². The Bertz CT molecular complexity index is 427. The van der Waals surface area contributed by atoms with Gasteiger partial charge in [-0.2, -0.15) is 0 Å². The van der Waals surface area contributed by atoms with Gasteiger partial charge in [0.1, 0.15) is 0 Å². The molecule has 1 fully saturated rings. The Morgan fingerprint density at radius 2 is 2.10 bits per heavy atom. The molecule has 112 valence electrons. The van der Waals surface area contributed by atoms with Crippen molar-refractivity contribution in [1.82, 2.24) is 5.32 Å². The van der Waals surface area contributed by atoms with Gasteiger partial charge in [0.15, 0.2) is 0 Å². The van der Waals surface area contributed by atoms with Crippen molar-refractivity contribution in [3.05, 3.63) is 28.8 Å². The summed E-state index contributed by atoms with van der Waals surface area (Å²) in [5, 5.41) is 4.39. The first-order valence-corrected chi connectivity index (χ1v) is 8.28. The Labute approximate surface area is 128 Å². The van der Waals surface area contributed by atoms with Gasteiger partial charge >= 0.3 is 0 Å². The molecule has 0 unspecified atom stereocenters. The van der Waals surface area contributed by atoms with Crippen molar-refractivity contribution in [2.75, 3.05) is 11.4 Å². The molecule has 1 aliphatic rings. The molecule has 0 amide bonds. The molecule has 0 aromatic heterocycles. The quantitative estimate of drug-likeness (QED) is 0.753. The zero-order chi connectivity index (χ0) is 14.5. The largest absolute Gasteiger partial charge is 0.368 e. The van der Waals surface area contributed by atoms with E-state index in [1.165, 1.54) is 36.9 Å². The second kappa shape index (κ2) is 7.33. The minimum Gasteiger partial charge on any atom is -0.368 e. The van der Waals surface area contributed by atoms with Gasteiger partial charge in [-0.05, 0) is 31.4 Å². The molecule has 0 atom stereocenters. The van der Waals surface area contributed by atoms with Gasteiger partial charge < -0.3 is 10.2 Å². The first-order valence-electron chi connectivity index (χ1n) is 7.91. The average Bonchev–Trinajstić information content (AvgIpc) is 3.22. The summed E-state index contributed by atoms with van der Waals surface area (Å²) in [6.07, 6.45) is 5.14. The Morgan fingerprint density at radius 1 is 1.35 bits per heavy atom. The van der Waals surface area contributed by atoms with Gasteiger partial charge in [0.05, 0.1) is 0 Å². The third-order valence-corrected chi connectivity index (χ3v) is 4.18. The fraction of sp³-hybridized carbons (Fsp3) is 0.647. The molecule has 0 saturated heterocycles. The Morgan fingerprint density at radius 3 is 2.70 bits per heavy atom. The smallest absolute Gasteiger partial charge is 0.0471 e. The highest BCUT2D eigenvalue weighted by molar-refractivity contribution is 6.31. The van der Waals surface area contributed by atoms with Gasteiger partial charge in [0, 0.05) is 41.4 Å². The Kier molecular flexibility index (Phi) is 5.74. The zero-order valence-electron chi connectivity index (χ0n) is 13.0. The molecule has 20 heavy (non-hydrogen) atoms. The Balaban J connectivity index is 2.21. The predicted octanol–water partition coefficient (Wildman–Crippen LogP) is 4.61. The molecule has 0 spiro atoms. The lowest BCUT2D eigenvalue weighted by molar-refractivity contribution is 0.587. The van der Waals surface area contributed by atoms with E-state index in [4.69, 9.17) is 11.6 Å². The van der Waals surface area contributed by atoms with E-state index in [0.717, 1.165) is 24.2 Å². The number of unbranched alkanes of at least 4 members (excludes halogenated alkanes) is 1. The highest BCUT2D eigenvalue weighted by atomic mass is 35.5. The van der Waals surface area contributed by atoms with E-state index in [1.807, 2.05) is 6.07 Å². The van der Waals surface area contributed by atoms with Crippen molar-refractivity contribution in [3.63, 3.8) is 0 Å². The molecule has 1 saturated carbocycles. The molecule has 1 aliphatic carbocycles. The van der Waals surface area contributed by atoms with Gasteiger partial charge in [-0.3, -0.25) is 0 Å². The van der Waals surface area contributed by atoms with Crippen LogP contribution >= 0.6 is 11.6 Å². The van der Waals surface area contributed by atoms with Gasteiger partial charge in [0.25, 0.3) is 0 Å². The van der Waals surface area contributed by atoms with E-state index < -0.39 is 0 Å². The van der Waals surface area contributed by atoms with Crippen LogP contribution in [0.4, 0.5) is 5.69 Å². The molecule has 0 radical (unpaired) electrons. The summed E-state index contributed by atoms with van der Waals surface area (Å²) in [7, 11) is 0. The lowest BCUT2D eigenvalue weighted by Crippen LogP contribution is -2.30. The number of benzene rings is 1. The standard InChI is InChI=1S/C17H27ClN2/c1-4-5-11-20(14-9-10-14)17-8-6-7-16(18)15(17)12-19-13(2)3/h6-8,13-14,19H,4-5,9-12H2,1-3H3. The number of hydrogen-bond acceptors (Lipinski definition) is 2. The number of hydrogen-bond donors (Lipinski definition) is 1. The molecular weight excluding hydrogens is 268 g/mol. The molecule has 2 rings (SSSR count). The fourth-order valence-electron chi connectivity index (χ4n) is 2.51. The normalized spacial score (nSPS) is 14.8. The third kappa shape index (κ3) is 4.13. The minimum absolute atomic E-state index is 0.476. The van der Waals surface area contributed by atoms with Crippen molar-refractivity contribution in [1.29, 1.82) is 0 Å².